The van der Waals surface area contributed by atoms with Crippen LogP contribution in [-0.4, -0.2) is 40.1 Å². The number of carbonyl (C=O) groups excluding carboxylic acids is 3. The topological polar surface area (TPSA) is 113 Å². The van der Waals surface area contributed by atoms with Crippen LogP contribution in [0.2, 0.25) is 0 Å². The first kappa shape index (κ1) is 31.0. The molecule has 214 valence electrons. The number of Topliss-reactive ketones (excluding diaryl/α,β-unsaturated/α-hetero) is 1. The molecule has 0 bridgehead atoms. The molecule has 0 radical (unpaired) electrons. The van der Waals surface area contributed by atoms with Gasteiger partial charge in [0.15, 0.2) is 0 Å². The van der Waals surface area contributed by atoms with E-state index in [1.54, 1.807) is 54.6 Å². The van der Waals surface area contributed by atoms with Crippen molar-refractivity contribution in [2.75, 3.05) is 5.32 Å². The number of amides is 1. The third-order valence-electron chi connectivity index (χ3n) is 7.08. The molecular formula is C33H41NO6. The number of nitrogens with one attached hydrogen (secondary N) is 1. The van der Waals surface area contributed by atoms with Crippen LogP contribution in [0.5, 0.6) is 5.75 Å². The lowest BCUT2D eigenvalue weighted by molar-refractivity contribution is -0.134. The Morgan fingerprint density at radius 1 is 1.05 bits per heavy atom. The molecule has 4 unspecified atom stereocenters. The average molecular weight is 548 g/mol. The summed E-state index contributed by atoms with van der Waals surface area (Å²) in [5.74, 6) is -0.684. The number of aliphatic hydroxyl groups is 2. The number of unbranched alkanes of at least 4 members (excludes halogenated alkanes) is 3. The molecule has 40 heavy (non-hydrogen) atoms. The summed E-state index contributed by atoms with van der Waals surface area (Å²) in [4.78, 5) is 36.9. The maximum atomic E-state index is 12.4. The average Bonchev–Trinajstić information content (AvgIpc) is 3.22. The van der Waals surface area contributed by atoms with Crippen molar-refractivity contribution < 1.29 is 29.3 Å². The van der Waals surface area contributed by atoms with Gasteiger partial charge in [-0.3, -0.25) is 14.4 Å². The number of hydrogen-bond acceptors (Lipinski definition) is 6. The molecule has 7 nitrogen and oxygen atoms in total. The van der Waals surface area contributed by atoms with E-state index in [1.165, 1.54) is 0 Å². The molecule has 1 aliphatic carbocycles. The van der Waals surface area contributed by atoms with Crippen LogP contribution < -0.4 is 10.1 Å². The van der Waals surface area contributed by atoms with Crippen molar-refractivity contribution in [3.8, 4) is 5.75 Å². The summed E-state index contributed by atoms with van der Waals surface area (Å²) in [6.07, 6.45) is 12.1. The number of anilines is 1. The summed E-state index contributed by atoms with van der Waals surface area (Å²) in [5, 5.41) is 23.3. The number of rotatable bonds is 15. The summed E-state index contributed by atoms with van der Waals surface area (Å²) in [6.45, 7) is 2.12. The SMILES string of the molecule is CCCCCC(O)C=CC1C(O)CC(=O)C1CC=CCCCC(=O)Oc1ccc(NC(=O)c2ccccc2)cc1. The standard InChI is InChI=1S/C33H41NO6/c1-2-3-7-14-26(35)19-22-29-28(30(36)23-31(29)37)15-10-4-5-11-16-32(38)40-27-20-17-25(18-21-27)34-33(39)24-12-8-6-9-13-24/h4,6,8-10,12-13,17-22,26,28-29,31,35,37H,2-3,5,7,11,14-16,23H2,1H3,(H,34,39). The van der Waals surface area contributed by atoms with Gasteiger partial charge in [-0.2, -0.15) is 0 Å². The van der Waals surface area contributed by atoms with Crippen LogP contribution in [0.25, 0.3) is 0 Å². The van der Waals surface area contributed by atoms with Gasteiger partial charge in [0.2, 0.25) is 0 Å². The highest BCUT2D eigenvalue weighted by molar-refractivity contribution is 6.04. The third-order valence-corrected chi connectivity index (χ3v) is 7.08. The van der Waals surface area contributed by atoms with Gasteiger partial charge in [0.05, 0.1) is 12.2 Å². The minimum Gasteiger partial charge on any atom is -0.427 e. The minimum atomic E-state index is -0.714. The maximum absolute atomic E-state index is 12.4. The first-order valence-corrected chi connectivity index (χ1v) is 14.3. The molecule has 2 aromatic rings. The van der Waals surface area contributed by atoms with E-state index in [2.05, 4.69) is 12.2 Å². The molecule has 3 rings (SSSR count). The summed E-state index contributed by atoms with van der Waals surface area (Å²) in [5.41, 5.74) is 1.16. The van der Waals surface area contributed by atoms with E-state index in [0.29, 0.717) is 42.7 Å². The normalized spacial score (nSPS) is 19.8. The molecule has 2 aromatic carbocycles. The Morgan fingerprint density at radius 3 is 2.52 bits per heavy atom. The van der Waals surface area contributed by atoms with Gasteiger partial charge in [0.1, 0.15) is 11.5 Å². The Hall–Kier alpha value is -3.55. The highest BCUT2D eigenvalue weighted by Gasteiger charge is 2.39. The summed E-state index contributed by atoms with van der Waals surface area (Å²) in [7, 11) is 0. The van der Waals surface area contributed by atoms with Crippen molar-refractivity contribution in [2.24, 2.45) is 11.8 Å². The Balaban J connectivity index is 1.36. The van der Waals surface area contributed by atoms with E-state index in [9.17, 15) is 24.6 Å². The lowest BCUT2D eigenvalue weighted by Gasteiger charge is -2.16. The summed E-state index contributed by atoms with van der Waals surface area (Å²) in [6, 6.07) is 15.6. The second-order valence-corrected chi connectivity index (χ2v) is 10.3. The fourth-order valence-electron chi connectivity index (χ4n) is 4.79. The first-order valence-electron chi connectivity index (χ1n) is 14.3. The Kier molecular flexibility index (Phi) is 12.8. The molecule has 4 atom stereocenters. The van der Waals surface area contributed by atoms with Crippen LogP contribution in [0.15, 0.2) is 78.9 Å². The molecular weight excluding hydrogens is 506 g/mol. The molecule has 0 saturated heterocycles. The van der Waals surface area contributed by atoms with Crippen molar-refractivity contribution in [3.05, 3.63) is 84.5 Å². The zero-order valence-corrected chi connectivity index (χ0v) is 23.2. The van der Waals surface area contributed by atoms with E-state index in [1.807, 2.05) is 24.3 Å². The van der Waals surface area contributed by atoms with Crippen molar-refractivity contribution in [3.63, 3.8) is 0 Å². The number of esters is 1. The third kappa shape index (κ3) is 10.2. The van der Waals surface area contributed by atoms with Gasteiger partial charge in [-0.05, 0) is 62.1 Å². The Bertz CT molecular complexity index is 1140. The van der Waals surface area contributed by atoms with Crippen LogP contribution in [0.4, 0.5) is 5.69 Å². The quantitative estimate of drug-likeness (QED) is 0.109. The second-order valence-electron chi connectivity index (χ2n) is 10.3. The summed E-state index contributed by atoms with van der Waals surface area (Å²) >= 11 is 0. The number of hydrogen-bond donors (Lipinski definition) is 3. The maximum Gasteiger partial charge on any atom is 0.311 e. The first-order chi connectivity index (χ1) is 19.4. The largest absolute Gasteiger partial charge is 0.427 e. The van der Waals surface area contributed by atoms with Gasteiger partial charge in [0, 0.05) is 35.9 Å². The molecule has 1 fully saturated rings. The monoisotopic (exact) mass is 547 g/mol. The van der Waals surface area contributed by atoms with Gasteiger partial charge >= 0.3 is 5.97 Å². The smallest absolute Gasteiger partial charge is 0.311 e. The molecule has 1 saturated carbocycles. The Morgan fingerprint density at radius 2 is 1.80 bits per heavy atom. The van der Waals surface area contributed by atoms with E-state index >= 15 is 0 Å². The van der Waals surface area contributed by atoms with E-state index < -0.39 is 12.2 Å². The predicted molar refractivity (Wildman–Crippen MR) is 156 cm³/mol. The molecule has 0 heterocycles. The van der Waals surface area contributed by atoms with Crippen molar-refractivity contribution >= 4 is 23.3 Å². The molecule has 0 aromatic heterocycles. The summed E-state index contributed by atoms with van der Waals surface area (Å²) < 4.78 is 5.39. The Labute approximate surface area is 237 Å². The molecule has 1 amide bonds. The number of carbonyl (C=O) groups is 3. The van der Waals surface area contributed by atoms with Gasteiger partial charge in [-0.15, -0.1) is 0 Å². The zero-order valence-electron chi connectivity index (χ0n) is 23.2. The fourth-order valence-corrected chi connectivity index (χ4v) is 4.79. The fraction of sp³-hybridized carbons (Fsp3) is 0.424. The van der Waals surface area contributed by atoms with Crippen LogP contribution in [-0.2, 0) is 9.59 Å². The molecule has 7 heteroatoms. The predicted octanol–water partition coefficient (Wildman–Crippen LogP) is 6.02. The minimum absolute atomic E-state index is 0.0431. The number of ketones is 1. The van der Waals surface area contributed by atoms with Gasteiger partial charge < -0.3 is 20.3 Å². The zero-order chi connectivity index (χ0) is 28.7. The van der Waals surface area contributed by atoms with E-state index in [4.69, 9.17) is 4.74 Å². The van der Waals surface area contributed by atoms with Crippen LogP contribution in [0.1, 0.15) is 75.1 Å². The van der Waals surface area contributed by atoms with E-state index in [-0.39, 0.29) is 42.3 Å². The number of aliphatic hydroxyl groups excluding tert-OH is 2. The van der Waals surface area contributed by atoms with Crippen molar-refractivity contribution in [1.82, 2.24) is 0 Å². The van der Waals surface area contributed by atoms with Gasteiger partial charge in [-0.25, -0.2) is 0 Å². The second kappa shape index (κ2) is 16.5. The van der Waals surface area contributed by atoms with Gasteiger partial charge in [-0.1, -0.05) is 68.7 Å². The highest BCUT2D eigenvalue weighted by atomic mass is 16.5. The van der Waals surface area contributed by atoms with E-state index in [0.717, 1.165) is 19.3 Å². The molecule has 3 N–H and O–H groups in total. The molecule has 0 aliphatic heterocycles. The highest BCUT2D eigenvalue weighted by Crippen LogP contribution is 2.33. The lowest BCUT2D eigenvalue weighted by atomic mass is 9.90. The number of benzene rings is 2. The van der Waals surface area contributed by atoms with Crippen LogP contribution in [0.3, 0.4) is 0 Å². The van der Waals surface area contributed by atoms with Crippen LogP contribution in [0, 0.1) is 11.8 Å². The van der Waals surface area contributed by atoms with Crippen molar-refractivity contribution in [1.29, 1.82) is 0 Å². The van der Waals surface area contributed by atoms with Crippen LogP contribution >= 0.6 is 0 Å². The molecule has 0 spiro atoms. The lowest BCUT2D eigenvalue weighted by Crippen LogP contribution is -2.18. The molecule has 1 aliphatic rings. The number of ether oxygens (including phenoxy) is 1. The van der Waals surface area contributed by atoms with Crippen molar-refractivity contribution in [2.45, 2.75) is 76.9 Å². The number of allylic oxidation sites excluding steroid dienone is 2. The van der Waals surface area contributed by atoms with Gasteiger partial charge in [0.25, 0.3) is 5.91 Å².